The van der Waals surface area contributed by atoms with Crippen LogP contribution in [0.4, 0.5) is 0 Å². The van der Waals surface area contributed by atoms with Crippen molar-refractivity contribution in [3.63, 3.8) is 0 Å². The zero-order valence-electron chi connectivity index (χ0n) is 17.4. The van der Waals surface area contributed by atoms with E-state index in [4.69, 9.17) is 0 Å². The van der Waals surface area contributed by atoms with Crippen molar-refractivity contribution in [2.45, 2.75) is 81.8 Å². The molecule has 0 aliphatic heterocycles. The number of nitriles is 1. The number of unbranched alkanes of at least 4 members (excludes halogenated alkanes) is 3. The fourth-order valence-electron chi connectivity index (χ4n) is 5.15. The van der Waals surface area contributed by atoms with Crippen LogP contribution in [0.1, 0.15) is 69.1 Å². The number of hydrogen-bond donors (Lipinski definition) is 2. The molecular formula is C24H34NO2SY-. The summed E-state index contributed by atoms with van der Waals surface area (Å²) in [5.41, 5.74) is -0.0738. The van der Waals surface area contributed by atoms with Crippen molar-refractivity contribution in [3.8, 4) is 6.07 Å². The van der Waals surface area contributed by atoms with E-state index in [0.29, 0.717) is 12.8 Å². The minimum absolute atomic E-state index is 0. The van der Waals surface area contributed by atoms with E-state index >= 15 is 0 Å². The van der Waals surface area contributed by atoms with Gasteiger partial charge >= 0.3 is 0 Å². The second-order valence-corrected chi connectivity index (χ2v) is 9.60. The van der Waals surface area contributed by atoms with Crippen LogP contribution in [0.15, 0.2) is 29.7 Å². The van der Waals surface area contributed by atoms with E-state index in [1.807, 2.05) is 0 Å². The molecular weight excluding hydrogens is 455 g/mol. The molecule has 3 nitrogen and oxygen atoms in total. The predicted molar refractivity (Wildman–Crippen MR) is 115 cm³/mol. The number of rotatable bonds is 10. The molecule has 2 fully saturated rings. The van der Waals surface area contributed by atoms with Crippen LogP contribution in [-0.4, -0.2) is 22.4 Å². The third-order valence-corrected chi connectivity index (χ3v) is 8.11. The smallest absolute Gasteiger partial charge is 0.0679 e. The average molecular weight is 490 g/mol. The van der Waals surface area contributed by atoms with E-state index < -0.39 is 6.10 Å². The molecule has 1 heterocycles. The summed E-state index contributed by atoms with van der Waals surface area (Å²) in [4.78, 5) is 1.30. The molecule has 3 rings (SSSR count). The van der Waals surface area contributed by atoms with Crippen LogP contribution >= 0.6 is 11.3 Å². The Bertz CT molecular complexity index is 665. The molecule has 2 N–H and O–H groups in total. The normalized spacial score (nSPS) is 29.2. The summed E-state index contributed by atoms with van der Waals surface area (Å²) in [6.45, 7) is 3.89. The van der Waals surface area contributed by atoms with E-state index in [-0.39, 0.29) is 62.0 Å². The van der Waals surface area contributed by atoms with Gasteiger partial charge in [0.1, 0.15) is 0 Å². The van der Waals surface area contributed by atoms with Crippen molar-refractivity contribution in [2.24, 2.45) is 17.8 Å². The number of hydrogen-bond acceptors (Lipinski definition) is 4. The van der Waals surface area contributed by atoms with Gasteiger partial charge in [-0.05, 0) is 49.5 Å². The molecule has 2 aliphatic carbocycles. The van der Waals surface area contributed by atoms with Crippen LogP contribution in [0.3, 0.4) is 0 Å². The van der Waals surface area contributed by atoms with Crippen LogP contribution in [0.2, 0.25) is 0 Å². The maximum Gasteiger partial charge on any atom is 0.0679 e. The molecule has 1 radical (unpaired) electrons. The summed E-state index contributed by atoms with van der Waals surface area (Å²) >= 11 is 1.75. The average Bonchev–Trinajstić information content (AvgIpc) is 3.27. The Morgan fingerprint density at radius 2 is 2.14 bits per heavy atom. The van der Waals surface area contributed by atoms with Gasteiger partial charge in [-0.3, -0.25) is 0 Å². The van der Waals surface area contributed by atoms with Crippen molar-refractivity contribution in [3.05, 3.63) is 41.5 Å². The van der Waals surface area contributed by atoms with Gasteiger partial charge in [-0.15, -0.1) is 11.3 Å². The summed E-state index contributed by atoms with van der Waals surface area (Å²) in [7, 11) is 0. The first-order valence-corrected chi connectivity index (χ1v) is 11.8. The van der Waals surface area contributed by atoms with Gasteiger partial charge in [-0.25, -0.2) is 0 Å². The van der Waals surface area contributed by atoms with Crippen LogP contribution in [0.5, 0.6) is 0 Å². The number of nitrogens with zero attached hydrogens (tertiary/aromatic N) is 1. The van der Waals surface area contributed by atoms with Gasteiger partial charge in [-0.1, -0.05) is 43.9 Å². The van der Waals surface area contributed by atoms with Crippen molar-refractivity contribution in [1.29, 1.82) is 5.26 Å². The van der Waals surface area contributed by atoms with Crippen molar-refractivity contribution < 1.29 is 42.9 Å². The topological polar surface area (TPSA) is 64.2 Å². The van der Waals surface area contributed by atoms with Crippen LogP contribution in [0, 0.1) is 36.0 Å². The molecule has 0 spiro atoms. The quantitative estimate of drug-likeness (QED) is 0.263. The second-order valence-electron chi connectivity index (χ2n) is 8.65. The molecule has 1 aromatic rings. The second kappa shape index (κ2) is 12.1. The molecule has 0 aromatic carbocycles. The van der Waals surface area contributed by atoms with Crippen LogP contribution in [-0.2, 0) is 38.1 Å². The molecule has 0 bridgehead atoms. The number of thiophene rings is 1. The summed E-state index contributed by atoms with van der Waals surface area (Å²) in [6, 6.07) is 6.64. The number of aliphatic hydroxyl groups is 2. The Labute approximate surface area is 205 Å². The van der Waals surface area contributed by atoms with Gasteiger partial charge in [0.15, 0.2) is 0 Å². The van der Waals surface area contributed by atoms with Gasteiger partial charge in [0.2, 0.25) is 0 Å². The first kappa shape index (κ1) is 25.2. The first-order valence-electron chi connectivity index (χ1n) is 10.9. The molecule has 1 aromatic heterocycles. The molecule has 5 heteroatoms. The van der Waals surface area contributed by atoms with Gasteiger partial charge in [0.05, 0.1) is 24.2 Å². The molecule has 5 atom stereocenters. The van der Waals surface area contributed by atoms with Gasteiger partial charge in [0, 0.05) is 48.9 Å². The summed E-state index contributed by atoms with van der Waals surface area (Å²) in [6.07, 6.45) is 13.2. The van der Waals surface area contributed by atoms with E-state index in [9.17, 15) is 15.5 Å². The third-order valence-electron chi connectivity index (χ3n) is 7.02. The molecule has 0 amide bonds. The van der Waals surface area contributed by atoms with Crippen LogP contribution < -0.4 is 0 Å². The van der Waals surface area contributed by atoms with Crippen molar-refractivity contribution in [1.82, 2.24) is 0 Å². The maximum absolute atomic E-state index is 10.9. The van der Waals surface area contributed by atoms with Gasteiger partial charge in [-0.2, -0.15) is 11.7 Å². The number of aliphatic hydroxyl groups excluding tert-OH is 2. The fourth-order valence-corrected chi connectivity index (χ4v) is 6.18. The molecule has 2 saturated carbocycles. The third kappa shape index (κ3) is 5.80. The van der Waals surface area contributed by atoms with Crippen molar-refractivity contribution in [2.75, 3.05) is 0 Å². The Kier molecular flexibility index (Phi) is 10.5. The minimum Gasteiger partial charge on any atom is -0.392 e. The summed E-state index contributed by atoms with van der Waals surface area (Å²) in [5, 5.41) is 33.1. The van der Waals surface area contributed by atoms with E-state index in [2.05, 4.69) is 42.7 Å². The van der Waals surface area contributed by atoms with E-state index in [1.54, 1.807) is 11.3 Å². The molecule has 1 unspecified atom stereocenters. The Hall–Kier alpha value is -0.0461. The largest absolute Gasteiger partial charge is 0.392 e. The Morgan fingerprint density at radius 3 is 2.72 bits per heavy atom. The van der Waals surface area contributed by atoms with Gasteiger partial charge < -0.3 is 17.1 Å². The fraction of sp³-hybridized carbons (Fsp3) is 0.667. The summed E-state index contributed by atoms with van der Waals surface area (Å²) < 4.78 is 0. The van der Waals surface area contributed by atoms with E-state index in [1.165, 1.54) is 11.3 Å². The van der Waals surface area contributed by atoms with E-state index in [0.717, 1.165) is 44.9 Å². The van der Waals surface area contributed by atoms with Crippen LogP contribution in [0.25, 0.3) is 0 Å². The van der Waals surface area contributed by atoms with Gasteiger partial charge in [0.25, 0.3) is 0 Å². The Morgan fingerprint density at radius 1 is 1.34 bits per heavy atom. The van der Waals surface area contributed by atoms with Crippen molar-refractivity contribution >= 4 is 11.3 Å². The maximum atomic E-state index is 10.9. The predicted octanol–water partition coefficient (Wildman–Crippen LogP) is 5.40. The zero-order chi connectivity index (χ0) is 20.0. The SMILES string of the molecule is [CH2-]CCCCC[C@@H]1[C@@H](/C=C/CC(O)C2(c3cccs3)CCC2)[C@H](O)C[C@H]1C#N.[Y]. The minimum atomic E-state index is -0.439. The zero-order valence-corrected chi connectivity index (χ0v) is 21.0. The molecule has 0 saturated heterocycles. The monoisotopic (exact) mass is 489 g/mol. The molecule has 157 valence electrons. The molecule has 2 aliphatic rings. The Balaban J connectivity index is 0.00000300. The first-order chi connectivity index (χ1) is 13.6. The summed E-state index contributed by atoms with van der Waals surface area (Å²) in [5.74, 6) is 0.210. The molecule has 29 heavy (non-hydrogen) atoms. The standard InChI is InChI=1S/C24H34NO2S.Y/c1-2-3-4-5-9-19-18(17-25)16-21(26)20(19)10-6-11-22(27)24(13-8-14-24)23-12-7-15-28-23;/h6-7,10,12,15,18-22,26-27H,1-5,8-9,11,13-14,16H2;/q-1;/b10-6+;/t18-,19-,20+,21+,22?;/m0./s1.